The van der Waals surface area contributed by atoms with Gasteiger partial charge in [0.2, 0.25) is 17.2 Å². The predicted octanol–water partition coefficient (Wildman–Crippen LogP) is 2.26. The Labute approximate surface area is 115 Å². The Kier molecular flexibility index (Phi) is 4.51. The van der Waals surface area contributed by atoms with Gasteiger partial charge in [0.15, 0.2) is 0 Å². The van der Waals surface area contributed by atoms with Gasteiger partial charge < -0.3 is 15.2 Å². The molecule has 0 amide bonds. The number of nitrogens with zero attached hydrogens (tertiary/aromatic N) is 4. The number of halogens is 1. The minimum atomic E-state index is 0.146. The Morgan fingerprint density at radius 2 is 1.95 bits per heavy atom. The summed E-state index contributed by atoms with van der Waals surface area (Å²) in [5.41, 5.74) is 0.775. The van der Waals surface area contributed by atoms with Crippen molar-refractivity contribution >= 4 is 23.5 Å². The molecule has 0 bridgehead atoms. The highest BCUT2D eigenvalue weighted by Crippen LogP contribution is 2.11. The molecule has 2 N–H and O–H groups in total. The lowest BCUT2D eigenvalue weighted by atomic mass is 10.4. The van der Waals surface area contributed by atoms with E-state index in [9.17, 15) is 0 Å². The van der Waals surface area contributed by atoms with Crippen LogP contribution in [0.1, 0.15) is 24.8 Å². The summed E-state index contributed by atoms with van der Waals surface area (Å²) in [5, 5.41) is 10.1. The van der Waals surface area contributed by atoms with E-state index in [2.05, 4.69) is 37.7 Å². The summed E-state index contributed by atoms with van der Waals surface area (Å²) in [7, 11) is 0. The van der Waals surface area contributed by atoms with Crippen molar-refractivity contribution in [3.8, 4) is 0 Å². The maximum absolute atomic E-state index is 5.84. The predicted molar refractivity (Wildman–Crippen MR) is 72.2 cm³/mol. The second-order valence-corrected chi connectivity index (χ2v) is 4.30. The van der Waals surface area contributed by atoms with Gasteiger partial charge in [0.25, 0.3) is 0 Å². The first-order valence-electron chi connectivity index (χ1n) is 5.99. The lowest BCUT2D eigenvalue weighted by Gasteiger charge is -2.06. The fourth-order valence-corrected chi connectivity index (χ4v) is 1.58. The molecule has 2 rings (SSSR count). The molecule has 0 spiro atoms. The molecule has 0 fully saturated rings. The number of nitrogens with one attached hydrogen (secondary N) is 2. The van der Waals surface area contributed by atoms with Gasteiger partial charge in [-0.05, 0) is 24.9 Å². The third kappa shape index (κ3) is 4.06. The molecule has 2 aromatic rings. The van der Waals surface area contributed by atoms with Crippen LogP contribution in [0.25, 0.3) is 0 Å². The summed E-state index contributed by atoms with van der Waals surface area (Å²) in [6, 6.07) is 1.84. The number of hydrogen-bond acceptors (Lipinski definition) is 7. The Hall–Kier alpha value is -1.89. The van der Waals surface area contributed by atoms with Gasteiger partial charge in [-0.2, -0.15) is 15.0 Å². The molecule has 7 nitrogen and oxygen atoms in total. The summed E-state index contributed by atoms with van der Waals surface area (Å²) in [5.74, 6) is 1.62. The van der Waals surface area contributed by atoms with Gasteiger partial charge in [-0.3, -0.25) is 0 Å². The summed E-state index contributed by atoms with van der Waals surface area (Å²) in [6.45, 7) is 5.14. The van der Waals surface area contributed by atoms with Crippen LogP contribution in [-0.4, -0.2) is 26.7 Å². The van der Waals surface area contributed by atoms with Crippen LogP contribution in [0.4, 0.5) is 11.9 Å². The fourth-order valence-electron chi connectivity index (χ4n) is 1.42. The van der Waals surface area contributed by atoms with Crippen molar-refractivity contribution in [1.29, 1.82) is 0 Å². The van der Waals surface area contributed by atoms with E-state index < -0.39 is 0 Å². The van der Waals surface area contributed by atoms with Crippen molar-refractivity contribution < 1.29 is 4.52 Å². The second-order valence-electron chi connectivity index (χ2n) is 3.96. The zero-order valence-electron chi connectivity index (χ0n) is 10.8. The van der Waals surface area contributed by atoms with Gasteiger partial charge in [-0.25, -0.2) is 0 Å². The standard InChI is InChI=1S/C11H15ClN6O/c1-3-4-13-10-15-9(12)16-11(17-10)14-6-8-5-7(2)19-18-8/h5H,3-4,6H2,1-2H3,(H2,13,14,15,16,17). The quantitative estimate of drug-likeness (QED) is 0.840. The van der Waals surface area contributed by atoms with Gasteiger partial charge in [0.05, 0.1) is 6.54 Å². The summed E-state index contributed by atoms with van der Waals surface area (Å²) in [6.07, 6.45) is 0.976. The molecule has 0 saturated heterocycles. The van der Waals surface area contributed by atoms with Crippen LogP contribution in [0.3, 0.4) is 0 Å². The first kappa shape index (κ1) is 13.5. The average Bonchev–Trinajstić information content (AvgIpc) is 2.79. The van der Waals surface area contributed by atoms with E-state index in [0.29, 0.717) is 18.4 Å². The molecule has 0 radical (unpaired) electrons. The second kappa shape index (κ2) is 6.33. The van der Waals surface area contributed by atoms with E-state index in [0.717, 1.165) is 24.4 Å². The Morgan fingerprint density at radius 3 is 2.58 bits per heavy atom. The van der Waals surface area contributed by atoms with Crippen LogP contribution in [0.15, 0.2) is 10.6 Å². The van der Waals surface area contributed by atoms with Gasteiger partial charge >= 0.3 is 0 Å². The lowest BCUT2D eigenvalue weighted by molar-refractivity contribution is 0.391. The maximum Gasteiger partial charge on any atom is 0.229 e. The topological polar surface area (TPSA) is 88.8 Å². The molecule has 0 aromatic carbocycles. The Morgan fingerprint density at radius 1 is 1.21 bits per heavy atom. The third-order valence-corrected chi connectivity index (χ3v) is 2.41. The third-order valence-electron chi connectivity index (χ3n) is 2.25. The van der Waals surface area contributed by atoms with Crippen LogP contribution in [0, 0.1) is 6.92 Å². The van der Waals surface area contributed by atoms with Crippen LogP contribution in [0.2, 0.25) is 5.28 Å². The first-order valence-corrected chi connectivity index (χ1v) is 6.36. The highest BCUT2D eigenvalue weighted by Gasteiger charge is 2.06. The van der Waals surface area contributed by atoms with Crippen molar-refractivity contribution in [2.75, 3.05) is 17.2 Å². The molecule has 0 aliphatic heterocycles. The van der Waals surface area contributed by atoms with E-state index in [4.69, 9.17) is 16.1 Å². The van der Waals surface area contributed by atoms with Gasteiger partial charge in [-0.15, -0.1) is 0 Å². The Bertz CT molecular complexity index is 544. The van der Waals surface area contributed by atoms with Crippen molar-refractivity contribution in [2.45, 2.75) is 26.8 Å². The monoisotopic (exact) mass is 282 g/mol. The smallest absolute Gasteiger partial charge is 0.229 e. The van der Waals surface area contributed by atoms with E-state index >= 15 is 0 Å². The van der Waals surface area contributed by atoms with Crippen molar-refractivity contribution in [3.05, 3.63) is 22.8 Å². The van der Waals surface area contributed by atoms with E-state index in [1.165, 1.54) is 0 Å². The summed E-state index contributed by atoms with van der Waals surface area (Å²) < 4.78 is 4.97. The molecule has 2 heterocycles. The molecule has 0 unspecified atom stereocenters. The van der Waals surface area contributed by atoms with Crippen LogP contribution >= 0.6 is 11.6 Å². The minimum absolute atomic E-state index is 0.146. The minimum Gasteiger partial charge on any atom is -0.361 e. The van der Waals surface area contributed by atoms with Crippen molar-refractivity contribution in [1.82, 2.24) is 20.1 Å². The molecule has 2 aromatic heterocycles. The molecular formula is C11H15ClN6O. The number of aryl methyl sites for hydroxylation is 1. The molecule has 0 atom stereocenters. The van der Waals surface area contributed by atoms with Gasteiger partial charge in [-0.1, -0.05) is 12.1 Å². The number of aromatic nitrogens is 4. The zero-order chi connectivity index (χ0) is 13.7. The highest BCUT2D eigenvalue weighted by molar-refractivity contribution is 6.28. The van der Waals surface area contributed by atoms with Gasteiger partial charge in [0, 0.05) is 12.6 Å². The summed E-state index contributed by atoms with van der Waals surface area (Å²) in [4.78, 5) is 12.2. The zero-order valence-corrected chi connectivity index (χ0v) is 11.5. The molecular weight excluding hydrogens is 268 g/mol. The molecule has 8 heteroatoms. The largest absolute Gasteiger partial charge is 0.361 e. The molecule has 19 heavy (non-hydrogen) atoms. The number of rotatable bonds is 6. The molecule has 0 saturated carbocycles. The lowest BCUT2D eigenvalue weighted by Crippen LogP contribution is -2.09. The van der Waals surface area contributed by atoms with E-state index in [1.807, 2.05) is 13.0 Å². The van der Waals surface area contributed by atoms with E-state index in [-0.39, 0.29) is 5.28 Å². The fraction of sp³-hybridized carbons (Fsp3) is 0.455. The van der Waals surface area contributed by atoms with Crippen molar-refractivity contribution in [3.63, 3.8) is 0 Å². The SMILES string of the molecule is CCCNc1nc(Cl)nc(NCc2cc(C)on2)n1. The van der Waals surface area contributed by atoms with Crippen LogP contribution < -0.4 is 10.6 Å². The first-order chi connectivity index (χ1) is 9.17. The normalized spacial score (nSPS) is 10.5. The number of anilines is 2. The highest BCUT2D eigenvalue weighted by atomic mass is 35.5. The summed E-state index contributed by atoms with van der Waals surface area (Å²) >= 11 is 5.84. The Balaban J connectivity index is 2.01. The molecule has 0 aliphatic rings. The van der Waals surface area contributed by atoms with Crippen molar-refractivity contribution in [2.24, 2.45) is 0 Å². The molecule has 0 aliphatic carbocycles. The van der Waals surface area contributed by atoms with E-state index in [1.54, 1.807) is 0 Å². The average molecular weight is 283 g/mol. The van der Waals surface area contributed by atoms with Crippen LogP contribution in [-0.2, 0) is 6.54 Å². The maximum atomic E-state index is 5.84. The van der Waals surface area contributed by atoms with Gasteiger partial charge in [0.1, 0.15) is 11.5 Å². The van der Waals surface area contributed by atoms with Crippen LogP contribution in [0.5, 0.6) is 0 Å². The number of hydrogen-bond donors (Lipinski definition) is 2. The molecule has 102 valence electrons.